The van der Waals surface area contributed by atoms with Gasteiger partial charge in [-0.05, 0) is 36.6 Å². The maximum atomic E-state index is 13.3. The number of hydrogen-bond acceptors (Lipinski definition) is 3. The van der Waals surface area contributed by atoms with Crippen molar-refractivity contribution in [3.05, 3.63) is 69.7 Å². The lowest BCUT2D eigenvalue weighted by atomic mass is 9.91. The highest BCUT2D eigenvalue weighted by Gasteiger charge is 2.57. The predicted octanol–water partition coefficient (Wildman–Crippen LogP) is 3.78. The molecule has 0 aromatic heterocycles. The monoisotopic (exact) mass is 411 g/mol. The van der Waals surface area contributed by atoms with Crippen molar-refractivity contribution in [2.45, 2.75) is 30.3 Å². The number of carbonyl (C=O) groups excluding carboxylic acids is 2. The highest BCUT2D eigenvalue weighted by molar-refractivity contribution is 9.10. The molecule has 0 bridgehead atoms. The van der Waals surface area contributed by atoms with Gasteiger partial charge in [-0.25, -0.2) is 4.79 Å². The lowest BCUT2D eigenvalue weighted by Gasteiger charge is -2.27. The molecule has 2 aromatic carbocycles. The average Bonchev–Trinajstić information content (AvgIpc) is 3.29. The minimum absolute atomic E-state index is 0.160. The van der Waals surface area contributed by atoms with Crippen LogP contribution >= 0.6 is 15.9 Å². The fourth-order valence-corrected chi connectivity index (χ4v) is 4.84. The van der Waals surface area contributed by atoms with Crippen LogP contribution < -0.4 is 0 Å². The fourth-order valence-electron chi connectivity index (χ4n) is 4.44. The zero-order valence-electron chi connectivity index (χ0n) is 14.2. The number of nitrogens with zero attached hydrogens (tertiary/aromatic N) is 1. The number of carbonyl (C=O) groups is 2. The summed E-state index contributed by atoms with van der Waals surface area (Å²) < 4.78 is 6.77. The molecule has 2 aliphatic heterocycles. The number of esters is 1. The Labute approximate surface area is 160 Å². The third kappa shape index (κ3) is 2.19. The second kappa shape index (κ2) is 5.43. The molecule has 2 heterocycles. The molecule has 5 heteroatoms. The molecule has 0 unspecified atom stereocenters. The van der Waals surface area contributed by atoms with Crippen LogP contribution in [0.2, 0.25) is 0 Å². The summed E-state index contributed by atoms with van der Waals surface area (Å²) in [5, 5.41) is 0. The zero-order chi connectivity index (χ0) is 17.9. The normalized spacial score (nSPS) is 25.3. The maximum Gasteiger partial charge on any atom is 0.339 e. The number of fused-ring (bicyclic) bond motifs is 2. The van der Waals surface area contributed by atoms with Gasteiger partial charge in [-0.15, -0.1) is 0 Å². The summed E-state index contributed by atoms with van der Waals surface area (Å²) in [7, 11) is 0. The lowest BCUT2D eigenvalue weighted by molar-refractivity contribution is -0.134. The van der Waals surface area contributed by atoms with Gasteiger partial charge in [0.25, 0.3) is 0 Å². The van der Waals surface area contributed by atoms with E-state index in [9.17, 15) is 9.59 Å². The number of ether oxygens (including phenoxy) is 1. The molecule has 2 fully saturated rings. The van der Waals surface area contributed by atoms with E-state index in [0.29, 0.717) is 25.1 Å². The lowest BCUT2D eigenvalue weighted by Crippen LogP contribution is -2.40. The first-order chi connectivity index (χ1) is 12.5. The second-order valence-corrected chi connectivity index (χ2v) is 8.41. The number of hydrogen-bond donors (Lipinski definition) is 0. The predicted molar refractivity (Wildman–Crippen MR) is 99.8 cm³/mol. The molecule has 26 heavy (non-hydrogen) atoms. The zero-order valence-corrected chi connectivity index (χ0v) is 15.8. The first-order valence-electron chi connectivity index (χ1n) is 8.92. The summed E-state index contributed by atoms with van der Waals surface area (Å²) in [4.78, 5) is 27.5. The quantitative estimate of drug-likeness (QED) is 0.706. The number of rotatable bonds is 2. The van der Waals surface area contributed by atoms with Gasteiger partial charge in [0.05, 0.1) is 17.5 Å². The Morgan fingerprint density at radius 1 is 1.08 bits per heavy atom. The Kier molecular flexibility index (Phi) is 3.35. The molecule has 132 valence electrons. The van der Waals surface area contributed by atoms with Crippen LogP contribution in [0, 0.1) is 0 Å². The Morgan fingerprint density at radius 3 is 2.65 bits per heavy atom. The van der Waals surface area contributed by atoms with Crippen LogP contribution in [0.25, 0.3) is 0 Å². The van der Waals surface area contributed by atoms with E-state index in [0.717, 1.165) is 28.4 Å². The molecule has 4 nitrogen and oxygen atoms in total. The molecule has 1 aliphatic carbocycles. The highest BCUT2D eigenvalue weighted by Crippen LogP contribution is 2.52. The molecule has 1 amide bonds. The van der Waals surface area contributed by atoms with Gasteiger partial charge in [-0.3, -0.25) is 4.79 Å². The van der Waals surface area contributed by atoms with E-state index >= 15 is 0 Å². The smallest absolute Gasteiger partial charge is 0.339 e. The van der Waals surface area contributed by atoms with E-state index in [1.165, 1.54) is 0 Å². The number of halogens is 1. The van der Waals surface area contributed by atoms with Gasteiger partial charge in [0.15, 0.2) is 5.60 Å². The Morgan fingerprint density at radius 2 is 1.88 bits per heavy atom. The summed E-state index contributed by atoms with van der Waals surface area (Å²) in [5.41, 5.74) is 1.55. The number of likely N-dealkylation sites (tertiary alicyclic amines) is 1. The van der Waals surface area contributed by atoms with Crippen molar-refractivity contribution in [3.8, 4) is 0 Å². The molecule has 0 radical (unpaired) electrons. The van der Waals surface area contributed by atoms with E-state index in [2.05, 4.69) is 15.9 Å². The number of benzene rings is 2. The van der Waals surface area contributed by atoms with Crippen molar-refractivity contribution in [2.75, 3.05) is 13.1 Å². The van der Waals surface area contributed by atoms with Gasteiger partial charge in [0, 0.05) is 23.0 Å². The van der Waals surface area contributed by atoms with Crippen LogP contribution in [0.1, 0.15) is 40.7 Å². The van der Waals surface area contributed by atoms with E-state index in [1.807, 2.05) is 47.4 Å². The van der Waals surface area contributed by atoms with Crippen molar-refractivity contribution < 1.29 is 14.3 Å². The Hall–Kier alpha value is -2.14. The maximum absolute atomic E-state index is 13.3. The average molecular weight is 412 g/mol. The largest absolute Gasteiger partial charge is 0.449 e. The highest BCUT2D eigenvalue weighted by atomic mass is 79.9. The van der Waals surface area contributed by atoms with Crippen molar-refractivity contribution in [2.24, 2.45) is 0 Å². The Bertz CT molecular complexity index is 936. The van der Waals surface area contributed by atoms with E-state index < -0.39 is 11.0 Å². The topological polar surface area (TPSA) is 46.6 Å². The van der Waals surface area contributed by atoms with Crippen molar-refractivity contribution in [1.29, 1.82) is 0 Å². The summed E-state index contributed by atoms with van der Waals surface area (Å²) in [6, 6.07) is 15.6. The first-order valence-corrected chi connectivity index (χ1v) is 9.72. The molecule has 1 saturated heterocycles. The molecule has 1 spiro atoms. The van der Waals surface area contributed by atoms with Gasteiger partial charge in [0.2, 0.25) is 5.91 Å². The van der Waals surface area contributed by atoms with E-state index in [-0.39, 0.29) is 11.9 Å². The fraction of sp³-hybridized carbons (Fsp3) is 0.333. The molecular weight excluding hydrogens is 394 g/mol. The van der Waals surface area contributed by atoms with Crippen molar-refractivity contribution in [3.63, 3.8) is 0 Å². The SMILES string of the molecule is O=C1O[C@]2(CCN(C(=O)C3(c4cccc(Br)c4)CC3)C2)c2ccccc21. The minimum Gasteiger partial charge on any atom is -0.449 e. The van der Waals surface area contributed by atoms with Crippen molar-refractivity contribution in [1.82, 2.24) is 4.90 Å². The minimum atomic E-state index is -0.670. The van der Waals surface area contributed by atoms with Crippen molar-refractivity contribution >= 4 is 27.8 Å². The summed E-state index contributed by atoms with van der Waals surface area (Å²) in [6.45, 7) is 1.07. The van der Waals surface area contributed by atoms with Gasteiger partial charge >= 0.3 is 5.97 Å². The van der Waals surface area contributed by atoms with Crippen LogP contribution in [0.3, 0.4) is 0 Å². The Balaban J connectivity index is 1.44. The van der Waals surface area contributed by atoms with Crippen LogP contribution in [0.15, 0.2) is 53.0 Å². The van der Waals surface area contributed by atoms with Gasteiger partial charge < -0.3 is 9.64 Å². The molecule has 0 N–H and O–H groups in total. The van der Waals surface area contributed by atoms with Crippen LogP contribution in [-0.4, -0.2) is 29.9 Å². The van der Waals surface area contributed by atoms with Crippen LogP contribution in [-0.2, 0) is 20.5 Å². The van der Waals surface area contributed by atoms with Gasteiger partial charge in [0.1, 0.15) is 0 Å². The van der Waals surface area contributed by atoms with Gasteiger partial charge in [-0.2, -0.15) is 0 Å². The van der Waals surface area contributed by atoms with E-state index in [4.69, 9.17) is 4.74 Å². The summed E-state index contributed by atoms with van der Waals surface area (Å²) >= 11 is 3.51. The third-order valence-electron chi connectivity index (χ3n) is 5.98. The van der Waals surface area contributed by atoms with Crippen LogP contribution in [0.4, 0.5) is 0 Å². The first kappa shape index (κ1) is 16.1. The molecule has 5 rings (SSSR count). The molecule has 1 saturated carbocycles. The molecule has 1 atom stereocenters. The standard InChI is InChI=1S/C21H18BrNO3/c22-15-5-3-4-14(12-15)20(8-9-20)19(25)23-11-10-21(13-23)17-7-2-1-6-16(17)18(24)26-21/h1-7,12H,8-11,13H2/t21-/m0/s1. The van der Waals surface area contributed by atoms with E-state index in [1.54, 1.807) is 6.07 Å². The summed E-state index contributed by atoms with van der Waals surface area (Å²) in [6.07, 6.45) is 2.42. The van der Waals surface area contributed by atoms with Gasteiger partial charge in [-0.1, -0.05) is 46.3 Å². The molecular formula is C21H18BrNO3. The number of amides is 1. The van der Waals surface area contributed by atoms with Crippen LogP contribution in [0.5, 0.6) is 0 Å². The molecule has 2 aromatic rings. The third-order valence-corrected chi connectivity index (χ3v) is 6.47. The molecule has 3 aliphatic rings. The summed E-state index contributed by atoms with van der Waals surface area (Å²) in [5.74, 6) is -0.115. The second-order valence-electron chi connectivity index (χ2n) is 7.50.